The van der Waals surface area contributed by atoms with E-state index in [-0.39, 0.29) is 12.0 Å². The molecule has 0 saturated carbocycles. The number of benzene rings is 1. The molecule has 1 N–H and O–H groups in total. The van der Waals surface area contributed by atoms with Crippen LogP contribution in [0.4, 0.5) is 5.69 Å². The predicted molar refractivity (Wildman–Crippen MR) is 77.6 cm³/mol. The number of anilines is 1. The predicted octanol–water partition coefficient (Wildman–Crippen LogP) is 2.71. The molecule has 2 heterocycles. The van der Waals surface area contributed by atoms with Crippen molar-refractivity contribution in [2.75, 3.05) is 11.9 Å². The second-order valence-electron chi connectivity index (χ2n) is 4.75. The van der Waals surface area contributed by atoms with Crippen LogP contribution in [0.1, 0.15) is 19.3 Å². The first-order valence-corrected chi connectivity index (χ1v) is 7.44. The normalized spacial score (nSPS) is 18.1. The second-order valence-corrected chi connectivity index (χ2v) is 5.36. The van der Waals surface area contributed by atoms with Crippen LogP contribution in [0, 0.1) is 0 Å². The van der Waals surface area contributed by atoms with Crippen LogP contribution in [0.25, 0.3) is 11.3 Å². The fraction of sp³-hybridized carbons (Fsp3) is 0.357. The van der Waals surface area contributed by atoms with Crippen molar-refractivity contribution >= 4 is 23.1 Å². The molecule has 0 unspecified atom stereocenters. The highest BCUT2D eigenvalue weighted by Crippen LogP contribution is 2.21. The maximum atomic E-state index is 11.9. The molecule has 1 aromatic heterocycles. The number of nitrogens with zero attached hydrogens (tertiary/aromatic N) is 2. The van der Waals surface area contributed by atoms with Gasteiger partial charge in [-0.25, -0.2) is 0 Å². The SMILES string of the molecule is O=C(C[C@@H]1CCCO1)Nc1ccc(-c2csnn2)cc1. The van der Waals surface area contributed by atoms with Gasteiger partial charge < -0.3 is 10.1 Å². The first-order chi connectivity index (χ1) is 9.81. The topological polar surface area (TPSA) is 64.1 Å². The molecular weight excluding hydrogens is 274 g/mol. The van der Waals surface area contributed by atoms with Gasteiger partial charge in [0.05, 0.1) is 12.5 Å². The first-order valence-electron chi connectivity index (χ1n) is 6.60. The summed E-state index contributed by atoms with van der Waals surface area (Å²) in [6.07, 6.45) is 2.53. The van der Waals surface area contributed by atoms with Gasteiger partial charge in [0.15, 0.2) is 0 Å². The molecule has 0 bridgehead atoms. The summed E-state index contributed by atoms with van der Waals surface area (Å²) >= 11 is 1.32. The maximum Gasteiger partial charge on any atom is 0.226 e. The van der Waals surface area contributed by atoms with Crippen molar-refractivity contribution in [2.45, 2.75) is 25.4 Å². The largest absolute Gasteiger partial charge is 0.378 e. The third kappa shape index (κ3) is 3.20. The minimum Gasteiger partial charge on any atom is -0.378 e. The van der Waals surface area contributed by atoms with Crippen molar-refractivity contribution in [1.29, 1.82) is 0 Å². The van der Waals surface area contributed by atoms with Gasteiger partial charge in [0.25, 0.3) is 0 Å². The lowest BCUT2D eigenvalue weighted by molar-refractivity contribution is -0.118. The summed E-state index contributed by atoms with van der Waals surface area (Å²) in [5.74, 6) is -0.0000231. The highest BCUT2D eigenvalue weighted by molar-refractivity contribution is 7.03. The summed E-state index contributed by atoms with van der Waals surface area (Å²) in [6, 6.07) is 7.61. The molecule has 1 aliphatic heterocycles. The molecule has 1 fully saturated rings. The van der Waals surface area contributed by atoms with E-state index in [0.717, 1.165) is 36.4 Å². The van der Waals surface area contributed by atoms with Gasteiger partial charge in [-0.1, -0.05) is 16.6 Å². The zero-order chi connectivity index (χ0) is 13.8. The third-order valence-corrected chi connectivity index (χ3v) is 3.77. The van der Waals surface area contributed by atoms with Crippen LogP contribution >= 0.6 is 11.5 Å². The Morgan fingerprint density at radius 2 is 2.25 bits per heavy atom. The molecule has 1 amide bonds. The molecular formula is C14H15N3O2S. The van der Waals surface area contributed by atoms with Gasteiger partial charge in [-0.15, -0.1) is 5.10 Å². The number of carbonyl (C=O) groups excluding carboxylic acids is 1. The Balaban J connectivity index is 1.59. The van der Waals surface area contributed by atoms with Gasteiger partial charge in [0.2, 0.25) is 5.91 Å². The smallest absolute Gasteiger partial charge is 0.226 e. The van der Waals surface area contributed by atoms with Gasteiger partial charge in [-0.3, -0.25) is 4.79 Å². The maximum absolute atomic E-state index is 11.9. The molecule has 6 heteroatoms. The zero-order valence-electron chi connectivity index (χ0n) is 10.9. The van der Waals surface area contributed by atoms with Crippen LogP contribution in [0.3, 0.4) is 0 Å². The van der Waals surface area contributed by atoms with Crippen molar-refractivity contribution in [3.8, 4) is 11.3 Å². The van der Waals surface area contributed by atoms with Gasteiger partial charge in [-0.05, 0) is 36.5 Å². The van der Waals surface area contributed by atoms with Crippen LogP contribution in [0.2, 0.25) is 0 Å². The molecule has 3 rings (SSSR count). The van der Waals surface area contributed by atoms with E-state index in [2.05, 4.69) is 14.9 Å². The molecule has 104 valence electrons. The van der Waals surface area contributed by atoms with Crippen molar-refractivity contribution < 1.29 is 9.53 Å². The minimum atomic E-state index is -0.0000231. The van der Waals surface area contributed by atoms with Crippen LogP contribution in [0.5, 0.6) is 0 Å². The highest BCUT2D eigenvalue weighted by Gasteiger charge is 2.18. The van der Waals surface area contributed by atoms with Crippen molar-refractivity contribution in [3.63, 3.8) is 0 Å². The summed E-state index contributed by atoms with van der Waals surface area (Å²) in [7, 11) is 0. The summed E-state index contributed by atoms with van der Waals surface area (Å²) < 4.78 is 9.29. The number of rotatable bonds is 4. The van der Waals surface area contributed by atoms with E-state index in [9.17, 15) is 4.79 Å². The van der Waals surface area contributed by atoms with Crippen molar-refractivity contribution in [2.24, 2.45) is 0 Å². The Kier molecular flexibility index (Phi) is 4.03. The average molecular weight is 289 g/mol. The molecule has 1 aromatic carbocycles. The van der Waals surface area contributed by atoms with Crippen LogP contribution in [0.15, 0.2) is 29.6 Å². The summed E-state index contributed by atoms with van der Waals surface area (Å²) in [6.45, 7) is 0.772. The number of nitrogens with one attached hydrogen (secondary N) is 1. The Labute approximate surface area is 121 Å². The van der Waals surface area contributed by atoms with E-state index in [1.807, 2.05) is 29.6 Å². The number of hydrogen-bond donors (Lipinski definition) is 1. The summed E-state index contributed by atoms with van der Waals surface area (Å²) in [5.41, 5.74) is 2.64. The van der Waals surface area contributed by atoms with Gasteiger partial charge in [-0.2, -0.15) is 0 Å². The Morgan fingerprint density at radius 3 is 2.90 bits per heavy atom. The molecule has 1 saturated heterocycles. The number of amides is 1. The summed E-state index contributed by atoms with van der Waals surface area (Å²) in [5, 5.41) is 8.79. The van der Waals surface area contributed by atoms with Crippen molar-refractivity contribution in [1.82, 2.24) is 9.59 Å². The molecule has 2 aromatic rings. The zero-order valence-corrected chi connectivity index (χ0v) is 11.7. The van der Waals surface area contributed by atoms with Gasteiger partial charge in [0, 0.05) is 23.2 Å². The van der Waals surface area contributed by atoms with E-state index >= 15 is 0 Å². The van der Waals surface area contributed by atoms with E-state index < -0.39 is 0 Å². The molecule has 0 aliphatic carbocycles. The number of aromatic nitrogens is 2. The Bertz CT molecular complexity index is 563. The van der Waals surface area contributed by atoms with Gasteiger partial charge >= 0.3 is 0 Å². The summed E-state index contributed by atoms with van der Waals surface area (Å²) in [4.78, 5) is 11.9. The molecule has 1 atom stereocenters. The molecule has 0 radical (unpaired) electrons. The molecule has 20 heavy (non-hydrogen) atoms. The lowest BCUT2D eigenvalue weighted by Crippen LogP contribution is -2.19. The molecule has 0 spiro atoms. The average Bonchev–Trinajstić information content (AvgIpc) is 3.12. The van der Waals surface area contributed by atoms with Crippen LogP contribution in [-0.4, -0.2) is 28.2 Å². The standard InChI is InChI=1S/C14H15N3O2S/c18-14(8-12-2-1-7-19-12)15-11-5-3-10(4-6-11)13-9-20-17-16-13/h3-6,9,12H,1-2,7-8H2,(H,15,18)/t12-/m0/s1. The van der Waals surface area contributed by atoms with Crippen LogP contribution in [-0.2, 0) is 9.53 Å². The lowest BCUT2D eigenvalue weighted by Gasteiger charge is -2.10. The highest BCUT2D eigenvalue weighted by atomic mass is 32.1. The Hall–Kier alpha value is -1.79. The lowest BCUT2D eigenvalue weighted by atomic mass is 10.1. The fourth-order valence-electron chi connectivity index (χ4n) is 2.24. The van der Waals surface area contributed by atoms with E-state index in [4.69, 9.17) is 4.74 Å². The quantitative estimate of drug-likeness (QED) is 0.940. The van der Waals surface area contributed by atoms with Crippen LogP contribution < -0.4 is 5.32 Å². The monoisotopic (exact) mass is 289 g/mol. The van der Waals surface area contributed by atoms with E-state index in [0.29, 0.717) is 6.42 Å². The molecule has 5 nitrogen and oxygen atoms in total. The second kappa shape index (κ2) is 6.11. The van der Waals surface area contributed by atoms with Gasteiger partial charge in [0.1, 0.15) is 5.69 Å². The van der Waals surface area contributed by atoms with E-state index in [1.165, 1.54) is 11.5 Å². The first kappa shape index (κ1) is 13.2. The van der Waals surface area contributed by atoms with E-state index in [1.54, 1.807) is 0 Å². The minimum absolute atomic E-state index is 0.0000231. The number of hydrogen-bond acceptors (Lipinski definition) is 5. The Morgan fingerprint density at radius 1 is 1.40 bits per heavy atom. The fourth-order valence-corrected chi connectivity index (χ4v) is 2.70. The van der Waals surface area contributed by atoms with Crippen molar-refractivity contribution in [3.05, 3.63) is 29.6 Å². The number of ether oxygens (including phenoxy) is 1. The molecule has 1 aliphatic rings. The number of carbonyl (C=O) groups is 1. The third-order valence-electron chi connectivity index (χ3n) is 3.26.